The molecule has 1 heterocycles. The molecule has 0 unspecified atom stereocenters. The first kappa shape index (κ1) is 13.0. The van der Waals surface area contributed by atoms with Gasteiger partial charge in [-0.1, -0.05) is 11.6 Å². The van der Waals surface area contributed by atoms with E-state index in [1.807, 2.05) is 21.0 Å². The quantitative estimate of drug-likeness (QED) is 0.794. The van der Waals surface area contributed by atoms with Crippen LogP contribution in [0.15, 0.2) is 6.20 Å². The van der Waals surface area contributed by atoms with E-state index in [0.29, 0.717) is 16.8 Å². The minimum atomic E-state index is 0.542. The van der Waals surface area contributed by atoms with Gasteiger partial charge in [-0.25, -0.2) is 4.98 Å². The molecule has 5 nitrogen and oxygen atoms in total. The zero-order valence-corrected chi connectivity index (χ0v) is 10.7. The lowest BCUT2D eigenvalue weighted by Gasteiger charge is -2.12. The largest absolute Gasteiger partial charge is 0.367 e. The van der Waals surface area contributed by atoms with Crippen LogP contribution in [-0.2, 0) is 0 Å². The van der Waals surface area contributed by atoms with E-state index >= 15 is 0 Å². The molecule has 0 spiro atoms. The summed E-state index contributed by atoms with van der Waals surface area (Å²) in [6, 6.07) is 0. The van der Waals surface area contributed by atoms with Gasteiger partial charge < -0.3 is 15.5 Å². The summed E-state index contributed by atoms with van der Waals surface area (Å²) >= 11 is 5.98. The van der Waals surface area contributed by atoms with Crippen LogP contribution in [0.2, 0.25) is 5.02 Å². The molecule has 2 N–H and O–H groups in total. The van der Waals surface area contributed by atoms with Crippen molar-refractivity contribution in [1.82, 2.24) is 14.9 Å². The third-order valence-electron chi connectivity index (χ3n) is 1.93. The first-order valence-electron chi connectivity index (χ1n) is 5.28. The molecule has 0 aliphatic rings. The van der Waals surface area contributed by atoms with Crippen LogP contribution in [0.5, 0.6) is 0 Å². The molecule has 0 aliphatic heterocycles. The van der Waals surface area contributed by atoms with Crippen molar-refractivity contribution < 1.29 is 0 Å². The van der Waals surface area contributed by atoms with E-state index in [9.17, 15) is 0 Å². The molecule has 0 fully saturated rings. The van der Waals surface area contributed by atoms with Crippen LogP contribution in [0, 0.1) is 0 Å². The van der Waals surface area contributed by atoms with Gasteiger partial charge in [0.2, 0.25) is 5.95 Å². The van der Waals surface area contributed by atoms with Crippen molar-refractivity contribution in [3.8, 4) is 0 Å². The normalized spacial score (nSPS) is 10.6. The monoisotopic (exact) mass is 243 g/mol. The van der Waals surface area contributed by atoms with E-state index in [0.717, 1.165) is 19.6 Å². The predicted molar refractivity (Wildman–Crippen MR) is 68.2 cm³/mol. The Labute approximate surface area is 101 Å². The summed E-state index contributed by atoms with van der Waals surface area (Å²) in [5.74, 6) is 1.27. The van der Waals surface area contributed by atoms with Gasteiger partial charge in [0.25, 0.3) is 0 Å². The summed E-state index contributed by atoms with van der Waals surface area (Å²) in [5, 5.41) is 6.76. The molecule has 1 aromatic rings. The van der Waals surface area contributed by atoms with E-state index in [4.69, 9.17) is 11.6 Å². The molecule has 0 atom stereocenters. The molecule has 0 aromatic carbocycles. The lowest BCUT2D eigenvalue weighted by Crippen LogP contribution is -2.21. The van der Waals surface area contributed by atoms with Crippen molar-refractivity contribution in [3.05, 3.63) is 11.2 Å². The minimum Gasteiger partial charge on any atom is -0.367 e. The zero-order valence-electron chi connectivity index (χ0n) is 9.92. The van der Waals surface area contributed by atoms with Crippen LogP contribution in [-0.4, -0.2) is 48.6 Å². The Hall–Kier alpha value is -1.07. The average Bonchev–Trinajstić information content (AvgIpc) is 2.22. The summed E-state index contributed by atoms with van der Waals surface area (Å²) < 4.78 is 0. The molecule has 6 heteroatoms. The number of hydrogen-bond acceptors (Lipinski definition) is 5. The van der Waals surface area contributed by atoms with Crippen molar-refractivity contribution in [1.29, 1.82) is 0 Å². The predicted octanol–water partition coefficient (Wildman–Crippen LogP) is 1.54. The van der Waals surface area contributed by atoms with Crippen molar-refractivity contribution in [2.75, 3.05) is 44.4 Å². The molecule has 0 saturated heterocycles. The molecule has 16 heavy (non-hydrogen) atoms. The molecular weight excluding hydrogens is 226 g/mol. The third kappa shape index (κ3) is 4.20. The smallest absolute Gasteiger partial charge is 0.224 e. The molecule has 0 bridgehead atoms. The van der Waals surface area contributed by atoms with Crippen LogP contribution < -0.4 is 10.6 Å². The molecular formula is C10H18ClN5. The Morgan fingerprint density at radius 3 is 2.75 bits per heavy atom. The number of nitrogens with one attached hydrogen (secondary N) is 2. The van der Waals surface area contributed by atoms with Gasteiger partial charge in [-0.3, -0.25) is 0 Å². The van der Waals surface area contributed by atoms with E-state index in [1.165, 1.54) is 0 Å². The fraction of sp³-hybridized carbons (Fsp3) is 0.600. The number of rotatable bonds is 6. The minimum absolute atomic E-state index is 0.542. The highest BCUT2D eigenvalue weighted by Crippen LogP contribution is 2.18. The van der Waals surface area contributed by atoms with E-state index in [1.54, 1.807) is 6.20 Å². The fourth-order valence-electron chi connectivity index (χ4n) is 1.13. The second kappa shape index (κ2) is 6.50. The summed E-state index contributed by atoms with van der Waals surface area (Å²) in [6.07, 6.45) is 1.60. The van der Waals surface area contributed by atoms with Crippen LogP contribution in [0.4, 0.5) is 11.8 Å². The lowest BCUT2D eigenvalue weighted by atomic mass is 10.5. The SMILES string of the molecule is CCNc1ncc(Cl)c(NCCN(C)C)n1. The highest BCUT2D eigenvalue weighted by atomic mass is 35.5. The number of anilines is 2. The van der Waals surface area contributed by atoms with E-state index in [-0.39, 0.29) is 0 Å². The standard InChI is InChI=1S/C10H18ClN5/c1-4-12-10-14-7-8(11)9(15-10)13-5-6-16(2)3/h7H,4-6H2,1-3H3,(H2,12,13,14,15). The second-order valence-corrected chi connectivity index (χ2v) is 4.06. The summed E-state index contributed by atoms with van der Waals surface area (Å²) in [6.45, 7) is 4.52. The number of halogens is 1. The van der Waals surface area contributed by atoms with Gasteiger partial charge >= 0.3 is 0 Å². The van der Waals surface area contributed by atoms with E-state index in [2.05, 4.69) is 25.5 Å². The summed E-state index contributed by atoms with van der Waals surface area (Å²) in [5.41, 5.74) is 0. The Balaban J connectivity index is 2.59. The van der Waals surface area contributed by atoms with Gasteiger partial charge in [0.05, 0.1) is 6.20 Å². The van der Waals surface area contributed by atoms with Crippen molar-refractivity contribution in [2.45, 2.75) is 6.92 Å². The van der Waals surface area contributed by atoms with Crippen molar-refractivity contribution in [2.24, 2.45) is 0 Å². The van der Waals surface area contributed by atoms with E-state index < -0.39 is 0 Å². The number of likely N-dealkylation sites (N-methyl/N-ethyl adjacent to an activating group) is 1. The topological polar surface area (TPSA) is 53.1 Å². The van der Waals surface area contributed by atoms with Crippen LogP contribution in [0.1, 0.15) is 6.92 Å². The molecule has 0 saturated carbocycles. The number of hydrogen-bond donors (Lipinski definition) is 2. The molecule has 1 rings (SSSR count). The van der Waals surface area contributed by atoms with Crippen LogP contribution in [0.3, 0.4) is 0 Å². The molecule has 0 aliphatic carbocycles. The maximum absolute atomic E-state index is 5.98. The van der Waals surface area contributed by atoms with Gasteiger partial charge in [-0.05, 0) is 21.0 Å². The van der Waals surface area contributed by atoms with Crippen molar-refractivity contribution >= 4 is 23.4 Å². The van der Waals surface area contributed by atoms with Gasteiger partial charge in [0.1, 0.15) is 5.02 Å². The first-order valence-corrected chi connectivity index (χ1v) is 5.66. The van der Waals surface area contributed by atoms with Gasteiger partial charge in [0.15, 0.2) is 5.82 Å². The Morgan fingerprint density at radius 1 is 1.38 bits per heavy atom. The maximum atomic E-state index is 5.98. The Morgan fingerprint density at radius 2 is 2.12 bits per heavy atom. The van der Waals surface area contributed by atoms with Gasteiger partial charge in [0, 0.05) is 19.6 Å². The molecule has 1 aromatic heterocycles. The zero-order chi connectivity index (χ0) is 12.0. The Bertz CT molecular complexity index is 329. The maximum Gasteiger partial charge on any atom is 0.224 e. The van der Waals surface area contributed by atoms with Gasteiger partial charge in [-0.15, -0.1) is 0 Å². The lowest BCUT2D eigenvalue weighted by molar-refractivity contribution is 0.425. The number of aromatic nitrogens is 2. The molecule has 90 valence electrons. The molecule has 0 radical (unpaired) electrons. The Kier molecular flexibility index (Phi) is 5.28. The highest BCUT2D eigenvalue weighted by molar-refractivity contribution is 6.32. The molecule has 0 amide bonds. The summed E-state index contributed by atoms with van der Waals surface area (Å²) in [4.78, 5) is 10.4. The van der Waals surface area contributed by atoms with Crippen LogP contribution >= 0.6 is 11.6 Å². The average molecular weight is 244 g/mol. The third-order valence-corrected chi connectivity index (χ3v) is 2.21. The fourth-order valence-corrected chi connectivity index (χ4v) is 1.29. The second-order valence-electron chi connectivity index (χ2n) is 3.65. The first-order chi connectivity index (χ1) is 7.63. The van der Waals surface area contributed by atoms with Crippen LogP contribution in [0.25, 0.3) is 0 Å². The summed E-state index contributed by atoms with van der Waals surface area (Å²) in [7, 11) is 4.04. The van der Waals surface area contributed by atoms with Gasteiger partial charge in [-0.2, -0.15) is 4.98 Å². The van der Waals surface area contributed by atoms with Crippen molar-refractivity contribution in [3.63, 3.8) is 0 Å². The number of nitrogens with zero attached hydrogens (tertiary/aromatic N) is 3. The highest BCUT2D eigenvalue weighted by Gasteiger charge is 2.04.